The van der Waals surface area contributed by atoms with Gasteiger partial charge in [0.25, 0.3) is 5.91 Å². The van der Waals surface area contributed by atoms with Crippen LogP contribution in [0.25, 0.3) is 21.3 Å². The SMILES string of the molecule is Cc1nc(-c2ccccc2)sc1C(=O)O[C@H](C)C(=O)Nc1cccc2ccccc12. The zero-order valence-corrected chi connectivity index (χ0v) is 17.4. The largest absolute Gasteiger partial charge is 0.448 e. The molecule has 0 aliphatic heterocycles. The average Bonchev–Trinajstić information content (AvgIpc) is 3.16. The predicted octanol–water partition coefficient (Wildman–Crippen LogP) is 5.46. The van der Waals surface area contributed by atoms with E-state index in [2.05, 4.69) is 10.3 Å². The van der Waals surface area contributed by atoms with Gasteiger partial charge in [-0.1, -0.05) is 66.7 Å². The number of amides is 1. The topological polar surface area (TPSA) is 68.3 Å². The third-order valence-electron chi connectivity index (χ3n) is 4.70. The van der Waals surface area contributed by atoms with Gasteiger partial charge >= 0.3 is 5.97 Å². The number of fused-ring (bicyclic) bond motifs is 1. The molecule has 0 bridgehead atoms. The maximum Gasteiger partial charge on any atom is 0.351 e. The summed E-state index contributed by atoms with van der Waals surface area (Å²) in [6.07, 6.45) is -0.946. The van der Waals surface area contributed by atoms with Gasteiger partial charge < -0.3 is 10.1 Å². The van der Waals surface area contributed by atoms with Crippen molar-refractivity contribution in [3.8, 4) is 10.6 Å². The number of thiazole rings is 1. The van der Waals surface area contributed by atoms with E-state index in [1.807, 2.05) is 72.8 Å². The van der Waals surface area contributed by atoms with Gasteiger partial charge in [0.05, 0.1) is 5.69 Å². The number of rotatable bonds is 5. The molecule has 1 N–H and O–H groups in total. The zero-order valence-electron chi connectivity index (χ0n) is 16.6. The molecule has 0 aliphatic rings. The first-order valence-corrected chi connectivity index (χ1v) is 10.4. The van der Waals surface area contributed by atoms with E-state index in [0.717, 1.165) is 21.3 Å². The van der Waals surface area contributed by atoms with Crippen molar-refractivity contribution in [3.05, 3.63) is 83.4 Å². The van der Waals surface area contributed by atoms with E-state index in [1.165, 1.54) is 11.3 Å². The zero-order chi connectivity index (χ0) is 21.1. The molecule has 0 spiro atoms. The molecule has 4 aromatic rings. The molecule has 30 heavy (non-hydrogen) atoms. The van der Waals surface area contributed by atoms with Crippen LogP contribution in [0.5, 0.6) is 0 Å². The summed E-state index contributed by atoms with van der Waals surface area (Å²) in [4.78, 5) is 30.2. The molecule has 0 aliphatic carbocycles. The Hall–Kier alpha value is -3.51. The molecular formula is C24H20N2O3S. The number of aromatic nitrogens is 1. The fourth-order valence-electron chi connectivity index (χ4n) is 3.13. The highest BCUT2D eigenvalue weighted by atomic mass is 32.1. The van der Waals surface area contributed by atoms with E-state index in [9.17, 15) is 9.59 Å². The Bertz CT molecular complexity index is 1210. The lowest BCUT2D eigenvalue weighted by atomic mass is 10.1. The Balaban J connectivity index is 1.47. The summed E-state index contributed by atoms with van der Waals surface area (Å²) in [5, 5.41) is 5.55. The maximum absolute atomic E-state index is 12.7. The highest BCUT2D eigenvalue weighted by Crippen LogP contribution is 2.28. The minimum absolute atomic E-state index is 0.384. The smallest absolute Gasteiger partial charge is 0.351 e. The van der Waals surface area contributed by atoms with Gasteiger partial charge in [-0.25, -0.2) is 9.78 Å². The molecule has 6 heteroatoms. The van der Waals surface area contributed by atoms with Gasteiger partial charge in [0.15, 0.2) is 6.10 Å². The number of aryl methyl sites for hydroxylation is 1. The number of benzene rings is 3. The third kappa shape index (κ3) is 4.09. The van der Waals surface area contributed by atoms with Crippen molar-refractivity contribution in [2.24, 2.45) is 0 Å². The Kier molecular flexibility index (Phi) is 5.59. The molecular weight excluding hydrogens is 396 g/mol. The fraction of sp³-hybridized carbons (Fsp3) is 0.125. The summed E-state index contributed by atoms with van der Waals surface area (Å²) >= 11 is 1.26. The first kappa shape index (κ1) is 19.8. The summed E-state index contributed by atoms with van der Waals surface area (Å²) < 4.78 is 5.43. The van der Waals surface area contributed by atoms with Crippen LogP contribution in [-0.4, -0.2) is 23.0 Å². The second-order valence-electron chi connectivity index (χ2n) is 6.86. The van der Waals surface area contributed by atoms with Crippen molar-refractivity contribution in [1.82, 2.24) is 4.98 Å². The van der Waals surface area contributed by atoms with Crippen LogP contribution in [-0.2, 0) is 9.53 Å². The van der Waals surface area contributed by atoms with E-state index in [4.69, 9.17) is 4.74 Å². The number of carbonyl (C=O) groups is 2. The van der Waals surface area contributed by atoms with Crippen molar-refractivity contribution < 1.29 is 14.3 Å². The molecule has 4 rings (SSSR count). The van der Waals surface area contributed by atoms with Crippen molar-refractivity contribution >= 4 is 39.7 Å². The average molecular weight is 417 g/mol. The highest BCUT2D eigenvalue weighted by molar-refractivity contribution is 7.17. The summed E-state index contributed by atoms with van der Waals surface area (Å²) in [6, 6.07) is 23.1. The molecule has 1 amide bonds. The van der Waals surface area contributed by atoms with Crippen LogP contribution in [0.1, 0.15) is 22.3 Å². The van der Waals surface area contributed by atoms with Gasteiger partial charge in [0.1, 0.15) is 9.88 Å². The maximum atomic E-state index is 12.7. The van der Waals surface area contributed by atoms with Gasteiger partial charge in [0.2, 0.25) is 0 Å². The molecule has 1 aromatic heterocycles. The number of esters is 1. The molecule has 0 saturated heterocycles. The van der Waals surface area contributed by atoms with Crippen molar-refractivity contribution in [2.75, 3.05) is 5.32 Å². The van der Waals surface area contributed by atoms with Crippen LogP contribution < -0.4 is 5.32 Å². The predicted molar refractivity (Wildman–Crippen MR) is 120 cm³/mol. The third-order valence-corrected chi connectivity index (χ3v) is 5.89. The van der Waals surface area contributed by atoms with Crippen LogP contribution in [0.3, 0.4) is 0 Å². The van der Waals surface area contributed by atoms with Crippen LogP contribution >= 0.6 is 11.3 Å². The second-order valence-corrected chi connectivity index (χ2v) is 7.86. The molecule has 0 saturated carbocycles. The van der Waals surface area contributed by atoms with Crippen molar-refractivity contribution in [3.63, 3.8) is 0 Å². The molecule has 5 nitrogen and oxygen atoms in total. The number of hydrogen-bond donors (Lipinski definition) is 1. The molecule has 0 fully saturated rings. The monoisotopic (exact) mass is 416 g/mol. The van der Waals surface area contributed by atoms with E-state index >= 15 is 0 Å². The van der Waals surface area contributed by atoms with Crippen molar-refractivity contribution in [2.45, 2.75) is 20.0 Å². The lowest BCUT2D eigenvalue weighted by Gasteiger charge is -2.14. The lowest BCUT2D eigenvalue weighted by molar-refractivity contribution is -0.123. The normalized spacial score (nSPS) is 11.8. The number of nitrogens with zero attached hydrogens (tertiary/aromatic N) is 1. The Morgan fingerprint density at radius 1 is 0.967 bits per heavy atom. The van der Waals surface area contributed by atoms with Crippen molar-refractivity contribution in [1.29, 1.82) is 0 Å². The van der Waals surface area contributed by atoms with Crippen LogP contribution in [0.15, 0.2) is 72.8 Å². The molecule has 1 heterocycles. The molecule has 150 valence electrons. The molecule has 0 unspecified atom stereocenters. The Morgan fingerprint density at radius 3 is 2.47 bits per heavy atom. The summed E-state index contributed by atoms with van der Waals surface area (Å²) in [5.41, 5.74) is 2.21. The first-order valence-electron chi connectivity index (χ1n) is 9.55. The first-order chi connectivity index (χ1) is 14.5. The summed E-state index contributed by atoms with van der Waals surface area (Å²) in [5.74, 6) is -0.932. The van der Waals surface area contributed by atoms with Gasteiger partial charge in [-0.3, -0.25) is 4.79 Å². The van der Waals surface area contributed by atoms with Crippen LogP contribution in [0.4, 0.5) is 5.69 Å². The highest BCUT2D eigenvalue weighted by Gasteiger charge is 2.23. The van der Waals surface area contributed by atoms with E-state index in [0.29, 0.717) is 16.3 Å². The Labute approximate surface area is 178 Å². The van der Waals surface area contributed by atoms with Crippen LogP contribution in [0.2, 0.25) is 0 Å². The lowest BCUT2D eigenvalue weighted by Crippen LogP contribution is -2.30. The quantitative estimate of drug-likeness (QED) is 0.439. The van der Waals surface area contributed by atoms with Gasteiger partial charge in [-0.05, 0) is 25.3 Å². The van der Waals surface area contributed by atoms with Gasteiger partial charge in [-0.15, -0.1) is 11.3 Å². The number of ether oxygens (including phenoxy) is 1. The number of nitrogens with one attached hydrogen (secondary N) is 1. The minimum Gasteiger partial charge on any atom is -0.448 e. The standard InChI is InChI=1S/C24H20N2O3S/c1-15-21(30-23(25-15)18-10-4-3-5-11-18)24(28)29-16(2)22(27)26-20-14-8-12-17-9-6-7-13-19(17)20/h3-14,16H,1-2H3,(H,26,27)/t16-/m1/s1. The van der Waals surface area contributed by atoms with E-state index < -0.39 is 12.1 Å². The molecule has 0 radical (unpaired) electrons. The van der Waals surface area contributed by atoms with Gasteiger partial charge in [-0.2, -0.15) is 0 Å². The second kappa shape index (κ2) is 8.47. The minimum atomic E-state index is -0.946. The Morgan fingerprint density at radius 2 is 1.67 bits per heavy atom. The van der Waals surface area contributed by atoms with Gasteiger partial charge in [0, 0.05) is 16.6 Å². The number of hydrogen-bond acceptors (Lipinski definition) is 5. The number of anilines is 1. The number of carbonyl (C=O) groups excluding carboxylic acids is 2. The van der Waals surface area contributed by atoms with Crippen LogP contribution in [0, 0.1) is 6.92 Å². The summed E-state index contributed by atoms with van der Waals surface area (Å²) in [7, 11) is 0. The molecule has 1 atom stereocenters. The van der Waals surface area contributed by atoms with E-state index in [1.54, 1.807) is 13.8 Å². The fourth-order valence-corrected chi connectivity index (χ4v) is 4.08. The molecule has 3 aromatic carbocycles. The summed E-state index contributed by atoms with van der Waals surface area (Å²) in [6.45, 7) is 3.33. The van der Waals surface area contributed by atoms with E-state index in [-0.39, 0.29) is 5.91 Å².